The largest absolute Gasteiger partial charge is 0.370 e. The molecule has 0 fully saturated rings. The molecule has 0 saturated carbocycles. The number of benzene rings is 1. The van der Waals surface area contributed by atoms with Crippen molar-refractivity contribution >= 4 is 21.5 Å². The maximum absolute atomic E-state index is 12.1. The van der Waals surface area contributed by atoms with Gasteiger partial charge < -0.3 is 11.1 Å². The summed E-state index contributed by atoms with van der Waals surface area (Å²) in [6, 6.07) is 6.14. The SMILES string of the molecule is CCc1cccc(CC)c1NC(N)=NCCS(=O)(=O)C(C)(C)C. The summed E-state index contributed by atoms with van der Waals surface area (Å²) in [6.07, 6.45) is 1.78. The number of sulfone groups is 1. The van der Waals surface area contributed by atoms with Crippen LogP contribution in [0.1, 0.15) is 45.7 Å². The number of nitrogens with two attached hydrogens (primary N) is 1. The van der Waals surface area contributed by atoms with Crippen LogP contribution in [0.5, 0.6) is 0 Å². The molecule has 0 bridgehead atoms. The molecular formula is C17H29N3O2S. The molecule has 0 aliphatic carbocycles. The number of nitrogens with one attached hydrogen (secondary N) is 1. The summed E-state index contributed by atoms with van der Waals surface area (Å²) in [4.78, 5) is 4.17. The predicted molar refractivity (Wildman–Crippen MR) is 98.8 cm³/mol. The van der Waals surface area contributed by atoms with Crippen molar-refractivity contribution in [1.29, 1.82) is 0 Å². The van der Waals surface area contributed by atoms with Crippen molar-refractivity contribution in [2.45, 2.75) is 52.2 Å². The summed E-state index contributed by atoms with van der Waals surface area (Å²) in [5.41, 5.74) is 9.26. The highest BCUT2D eigenvalue weighted by Crippen LogP contribution is 2.22. The molecule has 0 atom stereocenters. The molecule has 0 amide bonds. The van der Waals surface area contributed by atoms with Gasteiger partial charge in [0.25, 0.3) is 0 Å². The van der Waals surface area contributed by atoms with Gasteiger partial charge in [-0.3, -0.25) is 4.99 Å². The lowest BCUT2D eigenvalue weighted by molar-refractivity contribution is 0.560. The molecule has 0 saturated heterocycles. The van der Waals surface area contributed by atoms with E-state index in [0.717, 1.165) is 18.5 Å². The van der Waals surface area contributed by atoms with Gasteiger partial charge in [0.15, 0.2) is 15.8 Å². The Hall–Kier alpha value is -1.56. The van der Waals surface area contributed by atoms with E-state index in [1.165, 1.54) is 11.1 Å². The summed E-state index contributed by atoms with van der Waals surface area (Å²) in [7, 11) is -3.18. The number of hydrogen-bond acceptors (Lipinski definition) is 3. The minimum Gasteiger partial charge on any atom is -0.370 e. The maximum Gasteiger partial charge on any atom is 0.193 e. The fourth-order valence-electron chi connectivity index (χ4n) is 2.16. The first-order valence-electron chi connectivity index (χ1n) is 8.02. The lowest BCUT2D eigenvalue weighted by atomic mass is 10.0. The van der Waals surface area contributed by atoms with Gasteiger partial charge in [-0.25, -0.2) is 8.42 Å². The Bertz CT molecular complexity index is 637. The molecule has 0 unspecified atom stereocenters. The zero-order valence-corrected chi connectivity index (χ0v) is 15.6. The number of anilines is 1. The van der Waals surface area contributed by atoms with Crippen molar-refractivity contribution in [1.82, 2.24) is 0 Å². The fourth-order valence-corrected chi connectivity index (χ4v) is 3.11. The van der Waals surface area contributed by atoms with Gasteiger partial charge in [-0.1, -0.05) is 32.0 Å². The minimum absolute atomic E-state index is 0.00502. The molecule has 0 spiro atoms. The summed E-state index contributed by atoms with van der Waals surface area (Å²) in [6.45, 7) is 9.41. The van der Waals surface area contributed by atoms with E-state index in [1.54, 1.807) is 20.8 Å². The molecule has 0 heterocycles. The zero-order valence-electron chi connectivity index (χ0n) is 14.8. The molecular weight excluding hydrogens is 310 g/mol. The smallest absolute Gasteiger partial charge is 0.193 e. The molecule has 5 nitrogen and oxygen atoms in total. The number of hydrogen-bond donors (Lipinski definition) is 2. The van der Waals surface area contributed by atoms with Crippen LogP contribution in [0.2, 0.25) is 0 Å². The van der Waals surface area contributed by atoms with Crippen molar-refractivity contribution in [2.24, 2.45) is 10.7 Å². The molecule has 1 rings (SSSR count). The van der Waals surface area contributed by atoms with E-state index >= 15 is 0 Å². The van der Waals surface area contributed by atoms with Crippen molar-refractivity contribution in [3.05, 3.63) is 29.3 Å². The first kappa shape index (κ1) is 19.5. The zero-order chi connectivity index (χ0) is 17.7. The van der Waals surface area contributed by atoms with Gasteiger partial charge in [0.05, 0.1) is 17.0 Å². The van der Waals surface area contributed by atoms with E-state index < -0.39 is 14.6 Å². The van der Waals surface area contributed by atoms with Gasteiger partial charge in [-0.05, 0) is 44.7 Å². The lowest BCUT2D eigenvalue weighted by Gasteiger charge is -2.18. The van der Waals surface area contributed by atoms with Crippen LogP contribution >= 0.6 is 0 Å². The van der Waals surface area contributed by atoms with E-state index in [2.05, 4.69) is 36.3 Å². The van der Waals surface area contributed by atoms with Crippen LogP contribution in [0.15, 0.2) is 23.2 Å². The topological polar surface area (TPSA) is 84.5 Å². The third-order valence-corrected chi connectivity index (χ3v) is 6.41. The number of rotatable bonds is 6. The van der Waals surface area contributed by atoms with E-state index in [-0.39, 0.29) is 18.3 Å². The average Bonchev–Trinajstić information content (AvgIpc) is 2.46. The van der Waals surface area contributed by atoms with Crippen LogP contribution in [-0.4, -0.2) is 31.4 Å². The number of nitrogens with zero attached hydrogens (tertiary/aromatic N) is 1. The third kappa shape index (κ3) is 5.23. The van der Waals surface area contributed by atoms with Crippen LogP contribution in [0.25, 0.3) is 0 Å². The Morgan fingerprint density at radius 1 is 1.17 bits per heavy atom. The Morgan fingerprint density at radius 2 is 1.70 bits per heavy atom. The number of aryl methyl sites for hydroxylation is 2. The molecule has 130 valence electrons. The summed E-state index contributed by atoms with van der Waals surface area (Å²) in [5, 5.41) is 3.14. The van der Waals surface area contributed by atoms with Gasteiger partial charge in [-0.15, -0.1) is 0 Å². The van der Waals surface area contributed by atoms with Crippen LogP contribution in [0.3, 0.4) is 0 Å². The number of guanidine groups is 1. The summed E-state index contributed by atoms with van der Waals surface area (Å²) in [5.74, 6) is 0.249. The van der Waals surface area contributed by atoms with Gasteiger partial charge in [0.2, 0.25) is 0 Å². The Morgan fingerprint density at radius 3 is 2.13 bits per heavy atom. The van der Waals surface area contributed by atoms with E-state index in [4.69, 9.17) is 5.73 Å². The van der Waals surface area contributed by atoms with Gasteiger partial charge >= 0.3 is 0 Å². The molecule has 0 aliphatic heterocycles. The first-order valence-corrected chi connectivity index (χ1v) is 9.67. The highest BCUT2D eigenvalue weighted by atomic mass is 32.2. The van der Waals surface area contributed by atoms with Crippen molar-refractivity contribution in [2.75, 3.05) is 17.6 Å². The van der Waals surface area contributed by atoms with Crippen molar-refractivity contribution < 1.29 is 8.42 Å². The molecule has 23 heavy (non-hydrogen) atoms. The third-order valence-electron chi connectivity index (χ3n) is 3.83. The number of aliphatic imine (C=N–C) groups is 1. The van der Waals surface area contributed by atoms with Crippen LogP contribution in [-0.2, 0) is 22.7 Å². The molecule has 1 aromatic carbocycles. The van der Waals surface area contributed by atoms with Crippen molar-refractivity contribution in [3.8, 4) is 0 Å². The Kier molecular flexibility index (Phi) is 6.62. The average molecular weight is 340 g/mol. The lowest BCUT2D eigenvalue weighted by Crippen LogP contribution is -2.32. The van der Waals surface area contributed by atoms with Gasteiger partial charge in [0.1, 0.15) is 0 Å². The minimum atomic E-state index is -3.18. The predicted octanol–water partition coefficient (Wildman–Crippen LogP) is 2.75. The molecule has 1 aromatic rings. The second-order valence-corrected chi connectivity index (χ2v) is 9.34. The normalized spacial score (nSPS) is 13.2. The molecule has 0 radical (unpaired) electrons. The van der Waals surface area contributed by atoms with Crippen LogP contribution in [0.4, 0.5) is 5.69 Å². The van der Waals surface area contributed by atoms with Crippen LogP contribution in [0, 0.1) is 0 Å². The maximum atomic E-state index is 12.1. The first-order chi connectivity index (χ1) is 10.6. The van der Waals surface area contributed by atoms with E-state index in [1.807, 2.05) is 6.07 Å². The van der Waals surface area contributed by atoms with E-state index in [9.17, 15) is 8.42 Å². The Labute approximate surface area is 140 Å². The highest BCUT2D eigenvalue weighted by Gasteiger charge is 2.28. The Balaban J connectivity index is 2.83. The standard InChI is InChI=1S/C17H29N3O2S/c1-6-13-9-8-10-14(7-2)15(13)20-16(18)19-11-12-23(21,22)17(3,4)5/h8-10H,6-7,11-12H2,1-5H3,(H3,18,19,20). The summed E-state index contributed by atoms with van der Waals surface area (Å²) >= 11 is 0. The summed E-state index contributed by atoms with van der Waals surface area (Å²) < 4.78 is 23.4. The molecule has 0 aromatic heterocycles. The van der Waals surface area contributed by atoms with E-state index in [0.29, 0.717) is 0 Å². The second kappa shape index (κ2) is 7.81. The number of para-hydroxylation sites is 1. The monoisotopic (exact) mass is 339 g/mol. The fraction of sp³-hybridized carbons (Fsp3) is 0.588. The van der Waals surface area contributed by atoms with Crippen LogP contribution < -0.4 is 11.1 Å². The van der Waals surface area contributed by atoms with Crippen molar-refractivity contribution in [3.63, 3.8) is 0 Å². The second-order valence-electron chi connectivity index (χ2n) is 6.48. The quantitative estimate of drug-likeness (QED) is 0.616. The highest BCUT2D eigenvalue weighted by molar-refractivity contribution is 7.92. The molecule has 3 N–H and O–H groups in total. The van der Waals surface area contributed by atoms with Gasteiger partial charge in [0, 0.05) is 5.69 Å². The van der Waals surface area contributed by atoms with Gasteiger partial charge in [-0.2, -0.15) is 0 Å². The molecule has 0 aliphatic rings. The molecule has 6 heteroatoms.